The average molecular weight is 336 g/mol. The van der Waals surface area contributed by atoms with Gasteiger partial charge in [-0.15, -0.1) is 11.8 Å². The number of aromatic nitrogens is 1. The van der Waals surface area contributed by atoms with Gasteiger partial charge < -0.3 is 5.32 Å². The third-order valence-corrected chi connectivity index (χ3v) is 4.95. The number of pyridine rings is 1. The van der Waals surface area contributed by atoms with Crippen LogP contribution in [0.15, 0.2) is 35.2 Å². The second kappa shape index (κ2) is 6.15. The Hall–Kier alpha value is -1.41. The van der Waals surface area contributed by atoms with E-state index in [2.05, 4.69) is 10.3 Å². The summed E-state index contributed by atoms with van der Waals surface area (Å²) in [4.78, 5) is 5.47. The van der Waals surface area contributed by atoms with Crippen LogP contribution >= 0.6 is 35.0 Å². The minimum atomic E-state index is 0.139. The van der Waals surface area contributed by atoms with Gasteiger partial charge in [0.15, 0.2) is 5.69 Å². The Morgan fingerprint density at radius 1 is 1.29 bits per heavy atom. The van der Waals surface area contributed by atoms with Gasteiger partial charge in [0.1, 0.15) is 11.9 Å². The number of nitriles is 1. The van der Waals surface area contributed by atoms with E-state index in [1.165, 1.54) is 10.5 Å². The van der Waals surface area contributed by atoms with Crippen molar-refractivity contribution in [2.75, 3.05) is 11.1 Å². The van der Waals surface area contributed by atoms with Crippen molar-refractivity contribution >= 4 is 40.8 Å². The lowest BCUT2D eigenvalue weighted by Crippen LogP contribution is -2.17. The summed E-state index contributed by atoms with van der Waals surface area (Å²) in [6, 6.07) is 11.5. The zero-order valence-corrected chi connectivity index (χ0v) is 13.3. The van der Waals surface area contributed by atoms with Crippen LogP contribution in [-0.2, 0) is 0 Å². The number of rotatable bonds is 2. The van der Waals surface area contributed by atoms with Gasteiger partial charge in [-0.1, -0.05) is 23.2 Å². The molecule has 1 aromatic carbocycles. The van der Waals surface area contributed by atoms with Crippen molar-refractivity contribution in [3.8, 4) is 6.07 Å². The van der Waals surface area contributed by atoms with Crippen molar-refractivity contribution in [1.29, 1.82) is 5.26 Å². The number of hydrogen-bond acceptors (Lipinski definition) is 4. The first-order valence-electron chi connectivity index (χ1n) is 6.43. The number of halogens is 2. The fraction of sp³-hybridized carbons (Fsp3) is 0.200. The monoisotopic (exact) mass is 335 g/mol. The molecule has 2 aromatic rings. The Kier molecular flexibility index (Phi) is 4.25. The van der Waals surface area contributed by atoms with E-state index in [1.807, 2.05) is 36.0 Å². The van der Waals surface area contributed by atoms with Crippen LogP contribution in [0.2, 0.25) is 10.0 Å². The molecule has 21 heavy (non-hydrogen) atoms. The molecule has 1 aromatic heterocycles. The predicted octanol–water partition coefficient (Wildman–Crippen LogP) is 4.91. The first-order valence-corrected chi connectivity index (χ1v) is 8.17. The average Bonchev–Trinajstić information content (AvgIpc) is 2.50. The molecule has 1 aliphatic rings. The summed E-state index contributed by atoms with van der Waals surface area (Å²) >= 11 is 13.8. The number of anilines is 1. The zero-order valence-electron chi connectivity index (χ0n) is 10.9. The van der Waals surface area contributed by atoms with Gasteiger partial charge in [-0.05, 0) is 42.3 Å². The maximum atomic E-state index is 9.00. The highest BCUT2D eigenvalue weighted by Crippen LogP contribution is 2.39. The molecule has 1 N–H and O–H groups in total. The molecule has 1 aliphatic heterocycles. The maximum Gasteiger partial charge on any atom is 0.161 e. The third kappa shape index (κ3) is 3.11. The molecular weight excluding hydrogens is 325 g/mol. The third-order valence-electron chi connectivity index (χ3n) is 3.29. The van der Waals surface area contributed by atoms with Crippen LogP contribution < -0.4 is 5.32 Å². The van der Waals surface area contributed by atoms with E-state index in [9.17, 15) is 0 Å². The Balaban J connectivity index is 1.90. The SMILES string of the molecule is N#Cc1nc(NC2CCSc3ccc(Cl)cc32)ccc1Cl. The van der Waals surface area contributed by atoms with Gasteiger partial charge in [-0.2, -0.15) is 5.26 Å². The second-order valence-electron chi connectivity index (χ2n) is 4.65. The van der Waals surface area contributed by atoms with Gasteiger partial charge in [-0.25, -0.2) is 4.98 Å². The van der Waals surface area contributed by atoms with E-state index in [1.54, 1.807) is 12.1 Å². The maximum absolute atomic E-state index is 9.00. The highest BCUT2D eigenvalue weighted by atomic mass is 35.5. The number of fused-ring (bicyclic) bond motifs is 1. The Morgan fingerprint density at radius 2 is 2.14 bits per heavy atom. The summed E-state index contributed by atoms with van der Waals surface area (Å²) in [6.07, 6.45) is 0.976. The lowest BCUT2D eigenvalue weighted by molar-refractivity contribution is 0.724. The molecule has 1 unspecified atom stereocenters. The van der Waals surface area contributed by atoms with E-state index in [0.717, 1.165) is 17.2 Å². The van der Waals surface area contributed by atoms with Crippen molar-refractivity contribution in [3.05, 3.63) is 51.6 Å². The van der Waals surface area contributed by atoms with Gasteiger partial charge in [0.25, 0.3) is 0 Å². The van der Waals surface area contributed by atoms with Gasteiger partial charge in [0.2, 0.25) is 0 Å². The van der Waals surface area contributed by atoms with Gasteiger partial charge in [0.05, 0.1) is 11.1 Å². The standard InChI is InChI=1S/C15H11Cl2N3S/c16-9-1-3-14-10(7-9)12(5-6-21-14)19-15-4-2-11(17)13(8-18)20-15/h1-4,7,12H,5-6H2,(H,19,20). The quantitative estimate of drug-likeness (QED) is 0.847. The Labute approximate surface area is 137 Å². The molecule has 0 spiro atoms. The van der Waals surface area contributed by atoms with E-state index in [-0.39, 0.29) is 11.7 Å². The summed E-state index contributed by atoms with van der Waals surface area (Å²) in [5.74, 6) is 1.68. The van der Waals surface area contributed by atoms with Crippen molar-refractivity contribution in [2.45, 2.75) is 17.4 Å². The number of nitrogens with one attached hydrogen (secondary N) is 1. The number of thioether (sulfide) groups is 1. The highest BCUT2D eigenvalue weighted by molar-refractivity contribution is 7.99. The topological polar surface area (TPSA) is 48.7 Å². The minimum absolute atomic E-state index is 0.139. The summed E-state index contributed by atoms with van der Waals surface area (Å²) in [6.45, 7) is 0. The first kappa shape index (κ1) is 14.5. The second-order valence-corrected chi connectivity index (χ2v) is 6.64. The highest BCUT2D eigenvalue weighted by Gasteiger charge is 2.21. The molecule has 6 heteroatoms. The van der Waals surface area contributed by atoms with Crippen LogP contribution in [0.3, 0.4) is 0 Å². The fourth-order valence-electron chi connectivity index (χ4n) is 2.29. The summed E-state index contributed by atoms with van der Waals surface area (Å²) in [7, 11) is 0. The number of benzene rings is 1. The molecule has 2 heterocycles. The molecule has 0 radical (unpaired) electrons. The molecule has 0 bridgehead atoms. The Morgan fingerprint density at radius 3 is 2.95 bits per heavy atom. The molecule has 0 fully saturated rings. The normalized spacial score (nSPS) is 16.9. The van der Waals surface area contributed by atoms with Crippen molar-refractivity contribution in [3.63, 3.8) is 0 Å². The molecular formula is C15H11Cl2N3S. The van der Waals surface area contributed by atoms with E-state index in [4.69, 9.17) is 28.5 Å². The van der Waals surface area contributed by atoms with Crippen LogP contribution in [0.25, 0.3) is 0 Å². The van der Waals surface area contributed by atoms with E-state index >= 15 is 0 Å². The molecule has 1 atom stereocenters. The molecule has 106 valence electrons. The minimum Gasteiger partial charge on any atom is -0.363 e. The van der Waals surface area contributed by atoms with Gasteiger partial charge >= 0.3 is 0 Å². The predicted molar refractivity (Wildman–Crippen MR) is 87.1 cm³/mol. The first-order chi connectivity index (χ1) is 10.2. The smallest absolute Gasteiger partial charge is 0.161 e. The number of nitrogens with zero attached hydrogens (tertiary/aromatic N) is 2. The number of hydrogen-bond donors (Lipinski definition) is 1. The van der Waals surface area contributed by atoms with Crippen LogP contribution in [0.5, 0.6) is 0 Å². The molecule has 0 saturated heterocycles. The van der Waals surface area contributed by atoms with E-state index < -0.39 is 0 Å². The molecule has 0 saturated carbocycles. The van der Waals surface area contributed by atoms with Gasteiger partial charge in [0, 0.05) is 15.7 Å². The summed E-state index contributed by atoms with van der Waals surface area (Å²) in [5.41, 5.74) is 1.41. The summed E-state index contributed by atoms with van der Waals surface area (Å²) < 4.78 is 0. The van der Waals surface area contributed by atoms with Crippen LogP contribution in [0.4, 0.5) is 5.82 Å². The molecule has 3 rings (SSSR count). The van der Waals surface area contributed by atoms with Crippen molar-refractivity contribution in [1.82, 2.24) is 4.98 Å². The van der Waals surface area contributed by atoms with E-state index in [0.29, 0.717) is 10.8 Å². The van der Waals surface area contributed by atoms with Crippen molar-refractivity contribution in [2.24, 2.45) is 0 Å². The van der Waals surface area contributed by atoms with Crippen LogP contribution in [0.1, 0.15) is 23.7 Å². The lowest BCUT2D eigenvalue weighted by atomic mass is 10.0. The largest absolute Gasteiger partial charge is 0.363 e. The van der Waals surface area contributed by atoms with Crippen LogP contribution in [-0.4, -0.2) is 10.7 Å². The summed E-state index contributed by atoms with van der Waals surface area (Å²) in [5, 5.41) is 13.5. The van der Waals surface area contributed by atoms with Crippen LogP contribution in [0, 0.1) is 11.3 Å². The van der Waals surface area contributed by atoms with Gasteiger partial charge in [-0.3, -0.25) is 0 Å². The zero-order chi connectivity index (χ0) is 14.8. The molecule has 3 nitrogen and oxygen atoms in total. The molecule has 0 aliphatic carbocycles. The Bertz CT molecular complexity index is 727. The molecule has 0 amide bonds. The fourth-order valence-corrected chi connectivity index (χ4v) is 3.73. The van der Waals surface area contributed by atoms with Crippen molar-refractivity contribution < 1.29 is 0 Å². The lowest BCUT2D eigenvalue weighted by Gasteiger charge is -2.26.